The molecule has 0 aliphatic carbocycles. The normalized spacial score (nSPS) is 18.3. The number of unbranched alkanes of at least 4 members (excludes halogenated alkanes) is 1. The Morgan fingerprint density at radius 3 is 1.32 bits per heavy atom. The van der Waals surface area contributed by atoms with Crippen molar-refractivity contribution >= 4 is 29.7 Å². The summed E-state index contributed by atoms with van der Waals surface area (Å²) < 4.78 is 0. The quantitative estimate of drug-likeness (QED) is 0.120. The van der Waals surface area contributed by atoms with Crippen LogP contribution in [0.4, 0.5) is 0 Å². The Labute approximate surface area is 216 Å². The van der Waals surface area contributed by atoms with Gasteiger partial charge in [0.15, 0.2) is 0 Å². The van der Waals surface area contributed by atoms with Gasteiger partial charge >= 0.3 is 17.9 Å². The summed E-state index contributed by atoms with van der Waals surface area (Å²) in [6.45, 7) is 2.42. The largest absolute Gasteiger partial charge is 0.480 e. The van der Waals surface area contributed by atoms with Gasteiger partial charge < -0.3 is 32.1 Å². The monoisotopic (exact) mass is 531 g/mol. The van der Waals surface area contributed by atoms with Crippen molar-refractivity contribution in [2.45, 2.75) is 25.3 Å². The molecule has 0 aromatic heterocycles. The van der Waals surface area contributed by atoms with Crippen molar-refractivity contribution in [3.63, 3.8) is 0 Å². The van der Waals surface area contributed by atoms with Gasteiger partial charge in [-0.2, -0.15) is 0 Å². The van der Waals surface area contributed by atoms with E-state index in [1.54, 1.807) is 14.7 Å². The second kappa shape index (κ2) is 17.6. The Hall–Kier alpha value is -2.85. The molecule has 15 heteroatoms. The summed E-state index contributed by atoms with van der Waals surface area (Å²) >= 11 is 0. The Balaban J connectivity index is 2.77. The van der Waals surface area contributed by atoms with Crippen molar-refractivity contribution in [2.24, 2.45) is 11.5 Å². The van der Waals surface area contributed by atoms with E-state index < -0.39 is 29.9 Å². The molecule has 0 aromatic carbocycles. The number of carbonyl (C=O) groups excluding carboxylic acids is 2. The van der Waals surface area contributed by atoms with Gasteiger partial charge in [0.2, 0.25) is 11.8 Å². The third kappa shape index (κ3) is 15.8. The van der Waals surface area contributed by atoms with E-state index in [-0.39, 0.29) is 32.1 Å². The van der Waals surface area contributed by atoms with Crippen LogP contribution in [0.5, 0.6) is 0 Å². The number of carboxylic acid groups (broad SMARTS) is 3. The molecular formula is C22H41N7O8. The summed E-state index contributed by atoms with van der Waals surface area (Å²) in [5.74, 6) is -3.83. The highest BCUT2D eigenvalue weighted by Gasteiger charge is 2.21. The van der Waals surface area contributed by atoms with E-state index in [4.69, 9.17) is 11.5 Å². The number of hydrogen-bond acceptors (Lipinski definition) is 10. The molecule has 15 nitrogen and oxygen atoms in total. The molecule has 8 N–H and O–H groups in total. The van der Waals surface area contributed by atoms with Gasteiger partial charge in [0.25, 0.3) is 0 Å². The zero-order valence-electron chi connectivity index (χ0n) is 21.2. The number of nitrogens with two attached hydrogens (primary N) is 2. The third-order valence-corrected chi connectivity index (χ3v) is 6.00. The molecular weight excluding hydrogens is 490 g/mol. The minimum Gasteiger partial charge on any atom is -0.480 e. The number of nitrogens with one attached hydrogen (secondary N) is 1. The van der Waals surface area contributed by atoms with Crippen molar-refractivity contribution in [2.75, 3.05) is 85.1 Å². The number of nitrogens with zero attached hydrogens (tertiary/aromatic N) is 4. The van der Waals surface area contributed by atoms with Crippen molar-refractivity contribution in [3.05, 3.63) is 0 Å². The van der Waals surface area contributed by atoms with Gasteiger partial charge in [-0.25, -0.2) is 0 Å². The van der Waals surface area contributed by atoms with Crippen molar-refractivity contribution < 1.29 is 39.3 Å². The first-order valence-electron chi connectivity index (χ1n) is 12.3. The van der Waals surface area contributed by atoms with Crippen LogP contribution in [0.25, 0.3) is 0 Å². The van der Waals surface area contributed by atoms with Crippen LogP contribution in [-0.4, -0.2) is 156 Å². The van der Waals surface area contributed by atoms with Gasteiger partial charge in [-0.05, 0) is 19.3 Å². The molecule has 37 heavy (non-hydrogen) atoms. The standard InChI is InChI=1S/C22H41N7O8/c23-17(22(24)37)3-1-2-4-25-18(30)13-26-5-7-27(14-19(31)32)9-11-29(16-21(35)36)12-10-28(8-6-26)15-20(33)34/h17H,1-16,23H2,(H2,24,37)(H,25,30)(H,31,32)(H,33,34)(H,35,36)/t17-/m1/s1. The van der Waals surface area contributed by atoms with Crippen LogP contribution in [-0.2, 0) is 24.0 Å². The van der Waals surface area contributed by atoms with Crippen LogP contribution in [0.15, 0.2) is 0 Å². The highest BCUT2D eigenvalue weighted by atomic mass is 16.4. The number of amides is 2. The van der Waals surface area contributed by atoms with E-state index in [0.29, 0.717) is 78.2 Å². The topological polar surface area (TPSA) is 223 Å². The Morgan fingerprint density at radius 1 is 0.649 bits per heavy atom. The van der Waals surface area contributed by atoms with Gasteiger partial charge in [0.05, 0.1) is 32.2 Å². The maximum atomic E-state index is 12.5. The fourth-order valence-corrected chi connectivity index (χ4v) is 3.90. The summed E-state index contributed by atoms with van der Waals surface area (Å²) in [4.78, 5) is 64.3. The molecule has 1 heterocycles. The minimum absolute atomic E-state index is 0.0494. The van der Waals surface area contributed by atoms with Crippen LogP contribution < -0.4 is 16.8 Å². The van der Waals surface area contributed by atoms with Gasteiger partial charge in [0.1, 0.15) is 0 Å². The second-order valence-electron chi connectivity index (χ2n) is 9.14. The fourth-order valence-electron chi connectivity index (χ4n) is 3.90. The molecule has 1 aliphatic rings. The molecule has 1 rings (SSSR count). The number of carbonyl (C=O) groups is 5. The molecule has 0 radical (unpaired) electrons. The first kappa shape index (κ1) is 32.2. The highest BCUT2D eigenvalue weighted by Crippen LogP contribution is 2.02. The molecule has 0 aromatic rings. The number of aliphatic carboxylic acids is 3. The van der Waals surface area contributed by atoms with Crippen LogP contribution in [0.3, 0.4) is 0 Å². The molecule has 0 bridgehead atoms. The number of rotatable bonds is 14. The molecule has 212 valence electrons. The molecule has 0 unspecified atom stereocenters. The zero-order chi connectivity index (χ0) is 27.8. The Kier molecular flexibility index (Phi) is 15.3. The van der Waals surface area contributed by atoms with Crippen LogP contribution in [0.2, 0.25) is 0 Å². The minimum atomic E-state index is -1.02. The summed E-state index contributed by atoms with van der Waals surface area (Å²) in [7, 11) is 0. The van der Waals surface area contributed by atoms with E-state index in [9.17, 15) is 39.3 Å². The van der Waals surface area contributed by atoms with E-state index in [1.807, 2.05) is 4.90 Å². The lowest BCUT2D eigenvalue weighted by atomic mass is 10.1. The fraction of sp³-hybridized carbons (Fsp3) is 0.773. The molecule has 0 spiro atoms. The molecule has 0 saturated carbocycles. The third-order valence-electron chi connectivity index (χ3n) is 6.00. The summed E-state index contributed by atoms with van der Waals surface area (Å²) in [5, 5.41) is 30.6. The predicted octanol–water partition coefficient (Wildman–Crippen LogP) is -3.44. The van der Waals surface area contributed by atoms with Crippen molar-refractivity contribution in [1.82, 2.24) is 24.9 Å². The van der Waals surface area contributed by atoms with E-state index >= 15 is 0 Å². The van der Waals surface area contributed by atoms with E-state index in [1.165, 1.54) is 0 Å². The number of primary amides is 1. The lowest BCUT2D eigenvalue weighted by molar-refractivity contribution is -0.140. The maximum Gasteiger partial charge on any atom is 0.317 e. The van der Waals surface area contributed by atoms with Crippen molar-refractivity contribution in [1.29, 1.82) is 0 Å². The molecule has 1 saturated heterocycles. The predicted molar refractivity (Wildman–Crippen MR) is 133 cm³/mol. The maximum absolute atomic E-state index is 12.5. The average Bonchev–Trinajstić information content (AvgIpc) is 2.79. The molecule has 1 atom stereocenters. The Bertz CT molecular complexity index is 737. The first-order chi connectivity index (χ1) is 17.5. The SMILES string of the molecule is NC(=O)[C@H](N)CCCCNC(=O)CN1CCN(CC(=O)O)CCN(CC(=O)O)CCN(CC(=O)O)CC1. The molecule has 1 fully saturated rings. The van der Waals surface area contributed by atoms with Gasteiger partial charge in [-0.15, -0.1) is 0 Å². The van der Waals surface area contributed by atoms with Gasteiger partial charge in [-0.1, -0.05) is 0 Å². The number of carboxylic acids is 3. The van der Waals surface area contributed by atoms with E-state index in [2.05, 4.69) is 5.32 Å². The summed E-state index contributed by atoms with van der Waals surface area (Å²) in [5.41, 5.74) is 10.7. The van der Waals surface area contributed by atoms with Crippen molar-refractivity contribution in [3.8, 4) is 0 Å². The smallest absolute Gasteiger partial charge is 0.317 e. The Morgan fingerprint density at radius 2 is 1.00 bits per heavy atom. The van der Waals surface area contributed by atoms with Crippen LogP contribution >= 0.6 is 0 Å². The highest BCUT2D eigenvalue weighted by molar-refractivity contribution is 5.79. The van der Waals surface area contributed by atoms with E-state index in [0.717, 1.165) is 0 Å². The second-order valence-corrected chi connectivity index (χ2v) is 9.14. The average molecular weight is 532 g/mol. The van der Waals surface area contributed by atoms with Crippen LogP contribution in [0.1, 0.15) is 19.3 Å². The summed E-state index contributed by atoms with van der Waals surface area (Å²) in [6.07, 6.45) is 1.68. The zero-order valence-corrected chi connectivity index (χ0v) is 21.2. The first-order valence-corrected chi connectivity index (χ1v) is 12.3. The lowest BCUT2D eigenvalue weighted by Crippen LogP contribution is -2.49. The van der Waals surface area contributed by atoms with Gasteiger partial charge in [0, 0.05) is 58.9 Å². The number of hydrogen-bond donors (Lipinski definition) is 6. The molecule has 1 aliphatic heterocycles. The summed E-state index contributed by atoms with van der Waals surface area (Å²) in [6, 6.07) is -0.711. The van der Waals surface area contributed by atoms with Gasteiger partial charge in [-0.3, -0.25) is 43.6 Å². The molecule has 2 amide bonds. The van der Waals surface area contributed by atoms with Crippen LogP contribution in [0, 0.1) is 0 Å². The lowest BCUT2D eigenvalue weighted by Gasteiger charge is -2.32.